The molecule has 1 N–H and O–H groups in total. The van der Waals surface area contributed by atoms with Crippen LogP contribution >= 0.6 is 27.5 Å². The Hall–Kier alpha value is -1.88. The topological polar surface area (TPSA) is 21.3 Å². The standard InChI is InChI=1S/C22H20BrClFNO/c23-19-7-10-22(27-15-17-3-1-2-4-21(17)25)18(13-19)14-26-12-11-16-5-8-20(24)9-6-16/h1-10,13,26H,11-12,14-15H2. The van der Waals surface area contributed by atoms with Gasteiger partial charge in [0.25, 0.3) is 0 Å². The Bertz CT molecular complexity index is 886. The van der Waals surface area contributed by atoms with Crippen molar-refractivity contribution < 1.29 is 9.13 Å². The van der Waals surface area contributed by atoms with Gasteiger partial charge in [0.15, 0.2) is 0 Å². The Labute approximate surface area is 172 Å². The van der Waals surface area contributed by atoms with Gasteiger partial charge >= 0.3 is 0 Å². The summed E-state index contributed by atoms with van der Waals surface area (Å²) in [4.78, 5) is 0. The van der Waals surface area contributed by atoms with Gasteiger partial charge in [0.2, 0.25) is 0 Å². The van der Waals surface area contributed by atoms with Gasteiger partial charge in [-0.15, -0.1) is 0 Å². The summed E-state index contributed by atoms with van der Waals surface area (Å²) in [6, 6.07) is 20.4. The van der Waals surface area contributed by atoms with Crippen LogP contribution in [-0.2, 0) is 19.6 Å². The molecule has 0 fully saturated rings. The van der Waals surface area contributed by atoms with Crippen molar-refractivity contribution in [3.05, 3.63) is 98.7 Å². The molecular weight excluding hydrogens is 429 g/mol. The number of rotatable bonds is 8. The number of nitrogens with one attached hydrogen (secondary N) is 1. The first kappa shape index (κ1) is 19.9. The van der Waals surface area contributed by atoms with Crippen molar-refractivity contribution in [2.75, 3.05) is 6.54 Å². The summed E-state index contributed by atoms with van der Waals surface area (Å²) in [5.74, 6) is 0.498. The summed E-state index contributed by atoms with van der Waals surface area (Å²) < 4.78 is 20.6. The van der Waals surface area contributed by atoms with E-state index in [4.69, 9.17) is 16.3 Å². The maximum atomic E-state index is 13.8. The molecule has 0 aromatic heterocycles. The maximum absolute atomic E-state index is 13.8. The Morgan fingerprint density at radius 1 is 0.963 bits per heavy atom. The van der Waals surface area contributed by atoms with Gasteiger partial charge in [-0.25, -0.2) is 4.39 Å². The molecule has 0 heterocycles. The summed E-state index contributed by atoms with van der Waals surface area (Å²) in [5, 5.41) is 4.18. The number of hydrogen-bond donors (Lipinski definition) is 1. The zero-order valence-electron chi connectivity index (χ0n) is 14.7. The summed E-state index contributed by atoms with van der Waals surface area (Å²) in [6.45, 7) is 1.70. The van der Waals surface area contributed by atoms with Crippen molar-refractivity contribution in [2.45, 2.75) is 19.6 Å². The largest absolute Gasteiger partial charge is 0.488 e. The minimum atomic E-state index is -0.253. The molecule has 2 nitrogen and oxygen atoms in total. The molecule has 0 aliphatic heterocycles. The molecule has 3 rings (SSSR count). The van der Waals surface area contributed by atoms with Crippen LogP contribution in [-0.4, -0.2) is 6.54 Å². The van der Waals surface area contributed by atoms with E-state index in [9.17, 15) is 4.39 Å². The number of ether oxygens (including phenoxy) is 1. The highest BCUT2D eigenvalue weighted by Gasteiger charge is 2.07. The summed E-state index contributed by atoms with van der Waals surface area (Å²) in [5.41, 5.74) is 2.80. The minimum absolute atomic E-state index is 0.200. The van der Waals surface area contributed by atoms with Crippen LogP contribution in [0.15, 0.2) is 71.2 Å². The molecule has 0 amide bonds. The van der Waals surface area contributed by atoms with E-state index in [0.29, 0.717) is 12.1 Å². The van der Waals surface area contributed by atoms with Crippen molar-refractivity contribution >= 4 is 27.5 Å². The van der Waals surface area contributed by atoms with E-state index in [1.54, 1.807) is 12.1 Å². The third kappa shape index (κ3) is 6.06. The lowest BCUT2D eigenvalue weighted by atomic mass is 10.1. The van der Waals surface area contributed by atoms with Crippen LogP contribution in [0.4, 0.5) is 4.39 Å². The van der Waals surface area contributed by atoms with Gasteiger partial charge in [-0.3, -0.25) is 0 Å². The molecule has 0 saturated carbocycles. The minimum Gasteiger partial charge on any atom is -0.488 e. The lowest BCUT2D eigenvalue weighted by molar-refractivity contribution is 0.296. The lowest BCUT2D eigenvalue weighted by Gasteiger charge is -2.13. The van der Waals surface area contributed by atoms with E-state index in [0.717, 1.165) is 33.8 Å². The predicted molar refractivity (Wildman–Crippen MR) is 112 cm³/mol. The van der Waals surface area contributed by atoms with E-state index < -0.39 is 0 Å². The van der Waals surface area contributed by atoms with E-state index in [-0.39, 0.29) is 12.4 Å². The van der Waals surface area contributed by atoms with Crippen LogP contribution in [0.1, 0.15) is 16.7 Å². The average molecular weight is 449 g/mol. The van der Waals surface area contributed by atoms with Crippen LogP contribution < -0.4 is 10.1 Å². The molecule has 0 bridgehead atoms. The highest BCUT2D eigenvalue weighted by Crippen LogP contribution is 2.24. The van der Waals surface area contributed by atoms with Crippen molar-refractivity contribution in [3.63, 3.8) is 0 Å². The van der Waals surface area contributed by atoms with Gasteiger partial charge in [-0.05, 0) is 54.9 Å². The second-order valence-corrected chi connectivity index (χ2v) is 7.54. The predicted octanol–water partition coefficient (Wildman–Crippen LogP) is 6.15. The second-order valence-electron chi connectivity index (χ2n) is 6.19. The van der Waals surface area contributed by atoms with Gasteiger partial charge in [0, 0.05) is 27.2 Å². The zero-order chi connectivity index (χ0) is 19.1. The first-order chi connectivity index (χ1) is 13.1. The van der Waals surface area contributed by atoms with Gasteiger partial charge < -0.3 is 10.1 Å². The third-order valence-corrected chi connectivity index (χ3v) is 4.93. The van der Waals surface area contributed by atoms with Crippen molar-refractivity contribution in [1.82, 2.24) is 5.32 Å². The maximum Gasteiger partial charge on any atom is 0.129 e. The van der Waals surface area contributed by atoms with Crippen molar-refractivity contribution in [1.29, 1.82) is 0 Å². The fourth-order valence-corrected chi connectivity index (χ4v) is 3.24. The van der Waals surface area contributed by atoms with Crippen LogP contribution in [0.5, 0.6) is 5.75 Å². The highest BCUT2D eigenvalue weighted by molar-refractivity contribution is 9.10. The summed E-state index contributed by atoms with van der Waals surface area (Å²) in [7, 11) is 0. The quantitative estimate of drug-likeness (QED) is 0.417. The number of benzene rings is 3. The van der Waals surface area contributed by atoms with Crippen molar-refractivity contribution in [3.8, 4) is 5.75 Å². The molecule has 140 valence electrons. The molecule has 0 aliphatic rings. The molecular formula is C22H20BrClFNO. The first-order valence-corrected chi connectivity index (χ1v) is 9.89. The smallest absolute Gasteiger partial charge is 0.129 e. The molecule has 0 aliphatic carbocycles. The number of hydrogen-bond acceptors (Lipinski definition) is 2. The molecule has 0 atom stereocenters. The highest BCUT2D eigenvalue weighted by atomic mass is 79.9. The first-order valence-electron chi connectivity index (χ1n) is 8.71. The summed E-state index contributed by atoms with van der Waals surface area (Å²) >= 11 is 9.41. The van der Waals surface area contributed by atoms with Gasteiger partial charge in [0.05, 0.1) is 0 Å². The molecule has 0 radical (unpaired) electrons. The van der Waals surface area contributed by atoms with Crippen LogP contribution in [0, 0.1) is 5.82 Å². The van der Waals surface area contributed by atoms with Crippen LogP contribution in [0.2, 0.25) is 5.02 Å². The molecule has 0 saturated heterocycles. The van der Waals surface area contributed by atoms with E-state index in [2.05, 4.69) is 21.2 Å². The molecule has 3 aromatic carbocycles. The van der Waals surface area contributed by atoms with Gasteiger partial charge in [-0.2, -0.15) is 0 Å². The second kappa shape index (κ2) is 9.88. The third-order valence-electron chi connectivity index (χ3n) is 4.18. The average Bonchev–Trinajstić information content (AvgIpc) is 2.67. The Kier molecular flexibility index (Phi) is 7.27. The zero-order valence-corrected chi connectivity index (χ0v) is 17.1. The Morgan fingerprint density at radius 3 is 2.52 bits per heavy atom. The van der Waals surface area contributed by atoms with E-state index in [1.807, 2.05) is 48.5 Å². The Balaban J connectivity index is 1.57. The number of halogens is 3. The molecule has 3 aromatic rings. The van der Waals surface area contributed by atoms with Crippen LogP contribution in [0.3, 0.4) is 0 Å². The van der Waals surface area contributed by atoms with E-state index in [1.165, 1.54) is 11.6 Å². The fourth-order valence-electron chi connectivity index (χ4n) is 2.70. The summed E-state index contributed by atoms with van der Waals surface area (Å²) in [6.07, 6.45) is 0.913. The Morgan fingerprint density at radius 2 is 1.74 bits per heavy atom. The van der Waals surface area contributed by atoms with Crippen LogP contribution in [0.25, 0.3) is 0 Å². The van der Waals surface area contributed by atoms with E-state index >= 15 is 0 Å². The molecule has 0 spiro atoms. The fraction of sp³-hybridized carbons (Fsp3) is 0.182. The van der Waals surface area contributed by atoms with Gasteiger partial charge in [0.1, 0.15) is 18.2 Å². The van der Waals surface area contributed by atoms with Crippen molar-refractivity contribution in [2.24, 2.45) is 0 Å². The monoisotopic (exact) mass is 447 g/mol. The SMILES string of the molecule is Fc1ccccc1COc1ccc(Br)cc1CNCCc1ccc(Cl)cc1. The molecule has 0 unspecified atom stereocenters. The van der Waals surface area contributed by atoms with Gasteiger partial charge in [-0.1, -0.05) is 57.9 Å². The lowest BCUT2D eigenvalue weighted by Crippen LogP contribution is -2.17. The normalized spacial score (nSPS) is 10.8. The molecule has 27 heavy (non-hydrogen) atoms. The molecule has 5 heteroatoms.